The molecule has 1 fully saturated rings. The highest BCUT2D eigenvalue weighted by molar-refractivity contribution is 5.77. The molecule has 1 aliphatic rings. The van der Waals surface area contributed by atoms with E-state index in [2.05, 4.69) is 10.3 Å². The van der Waals surface area contributed by atoms with Crippen molar-refractivity contribution in [3.05, 3.63) is 34.6 Å². The fraction of sp³-hybridized carbons (Fsp3) is 0.529. The first-order valence-corrected chi connectivity index (χ1v) is 8.37. The van der Waals surface area contributed by atoms with Gasteiger partial charge in [-0.25, -0.2) is 4.68 Å². The summed E-state index contributed by atoms with van der Waals surface area (Å²) >= 11 is 0. The van der Waals surface area contributed by atoms with Crippen molar-refractivity contribution in [3.63, 3.8) is 0 Å². The molecule has 1 aromatic heterocycles. The largest absolute Gasteiger partial charge is 0.381 e. The van der Waals surface area contributed by atoms with Crippen LogP contribution in [0.4, 0.5) is 0 Å². The summed E-state index contributed by atoms with van der Waals surface area (Å²) in [6, 6.07) is 7.09. The number of carbonyl (C=O) groups is 1. The number of benzene rings is 1. The minimum Gasteiger partial charge on any atom is -0.381 e. The maximum absolute atomic E-state index is 12.4. The van der Waals surface area contributed by atoms with Crippen molar-refractivity contribution in [1.82, 2.24) is 19.9 Å². The van der Waals surface area contributed by atoms with Crippen molar-refractivity contribution in [2.45, 2.75) is 26.3 Å². The molecule has 0 unspecified atom stereocenters. The van der Waals surface area contributed by atoms with Gasteiger partial charge in [-0.3, -0.25) is 9.59 Å². The maximum Gasteiger partial charge on any atom is 0.277 e. The van der Waals surface area contributed by atoms with Crippen molar-refractivity contribution >= 4 is 16.8 Å². The monoisotopic (exact) mass is 330 g/mol. The Labute approximate surface area is 140 Å². The van der Waals surface area contributed by atoms with Gasteiger partial charge in [0.25, 0.3) is 5.56 Å². The van der Waals surface area contributed by atoms with Crippen LogP contribution in [0.25, 0.3) is 10.9 Å². The SMILES string of the molecule is CCN(C[C@H]1CCOC1)C(=O)CCn1nnc2ccccc2c1=O. The van der Waals surface area contributed by atoms with Crippen LogP contribution in [0.3, 0.4) is 0 Å². The fourth-order valence-corrected chi connectivity index (χ4v) is 2.98. The molecule has 1 aliphatic heterocycles. The Morgan fingerprint density at radius 2 is 2.25 bits per heavy atom. The summed E-state index contributed by atoms with van der Waals surface area (Å²) in [6.07, 6.45) is 1.24. The zero-order chi connectivity index (χ0) is 16.9. The summed E-state index contributed by atoms with van der Waals surface area (Å²) in [6.45, 7) is 5.09. The highest BCUT2D eigenvalue weighted by atomic mass is 16.5. The number of fused-ring (bicyclic) bond motifs is 1. The fourth-order valence-electron chi connectivity index (χ4n) is 2.98. The van der Waals surface area contributed by atoms with Crippen LogP contribution in [0.5, 0.6) is 0 Å². The van der Waals surface area contributed by atoms with Crippen LogP contribution in [0.15, 0.2) is 29.1 Å². The summed E-state index contributed by atoms with van der Waals surface area (Å²) < 4.78 is 6.64. The Balaban J connectivity index is 1.64. The highest BCUT2D eigenvalue weighted by Crippen LogP contribution is 2.14. The molecule has 2 heterocycles. The van der Waals surface area contributed by atoms with E-state index in [1.807, 2.05) is 17.9 Å². The number of aromatic nitrogens is 3. The first-order valence-electron chi connectivity index (χ1n) is 8.37. The molecular formula is C17H22N4O3. The van der Waals surface area contributed by atoms with E-state index in [1.54, 1.807) is 18.2 Å². The van der Waals surface area contributed by atoms with E-state index in [0.717, 1.165) is 19.6 Å². The minimum absolute atomic E-state index is 0.0336. The van der Waals surface area contributed by atoms with Crippen molar-refractivity contribution < 1.29 is 9.53 Å². The Hall–Kier alpha value is -2.28. The van der Waals surface area contributed by atoms with Crippen LogP contribution in [-0.4, -0.2) is 52.1 Å². The first kappa shape index (κ1) is 16.6. The lowest BCUT2D eigenvalue weighted by molar-refractivity contribution is -0.131. The Kier molecular flexibility index (Phi) is 5.20. The number of nitrogens with zero attached hydrogens (tertiary/aromatic N) is 4. The molecule has 1 atom stereocenters. The molecule has 0 spiro atoms. The van der Waals surface area contributed by atoms with Crippen LogP contribution in [-0.2, 0) is 16.1 Å². The van der Waals surface area contributed by atoms with Gasteiger partial charge in [-0.1, -0.05) is 17.3 Å². The third-order valence-electron chi connectivity index (χ3n) is 4.40. The van der Waals surface area contributed by atoms with E-state index < -0.39 is 0 Å². The van der Waals surface area contributed by atoms with Gasteiger partial charge in [-0.2, -0.15) is 0 Å². The Morgan fingerprint density at radius 3 is 3.00 bits per heavy atom. The van der Waals surface area contributed by atoms with Crippen LogP contribution in [0, 0.1) is 5.92 Å². The molecule has 7 nitrogen and oxygen atoms in total. The van der Waals surface area contributed by atoms with E-state index in [-0.39, 0.29) is 24.4 Å². The molecule has 1 amide bonds. The molecule has 1 saturated heterocycles. The first-order chi connectivity index (χ1) is 11.7. The maximum atomic E-state index is 12.4. The summed E-state index contributed by atoms with van der Waals surface area (Å²) in [5.74, 6) is 0.448. The number of ether oxygens (including phenoxy) is 1. The molecule has 0 N–H and O–H groups in total. The van der Waals surface area contributed by atoms with E-state index in [9.17, 15) is 9.59 Å². The summed E-state index contributed by atoms with van der Waals surface area (Å²) in [5.41, 5.74) is 0.363. The average molecular weight is 330 g/mol. The third-order valence-corrected chi connectivity index (χ3v) is 4.40. The average Bonchev–Trinajstić information content (AvgIpc) is 3.12. The van der Waals surface area contributed by atoms with Gasteiger partial charge in [-0.05, 0) is 25.5 Å². The van der Waals surface area contributed by atoms with Crippen LogP contribution in [0.1, 0.15) is 19.8 Å². The molecular weight excluding hydrogens is 308 g/mol. The highest BCUT2D eigenvalue weighted by Gasteiger charge is 2.21. The van der Waals surface area contributed by atoms with E-state index in [1.165, 1.54) is 4.68 Å². The molecule has 128 valence electrons. The van der Waals surface area contributed by atoms with Gasteiger partial charge in [0.05, 0.1) is 18.5 Å². The van der Waals surface area contributed by atoms with Crippen molar-refractivity contribution in [3.8, 4) is 0 Å². The zero-order valence-electron chi connectivity index (χ0n) is 13.9. The lowest BCUT2D eigenvalue weighted by Gasteiger charge is -2.23. The van der Waals surface area contributed by atoms with Gasteiger partial charge in [0.1, 0.15) is 5.52 Å². The predicted molar refractivity (Wildman–Crippen MR) is 89.6 cm³/mol. The van der Waals surface area contributed by atoms with Crippen LogP contribution in [0.2, 0.25) is 0 Å². The molecule has 0 radical (unpaired) electrons. The number of aryl methyl sites for hydroxylation is 1. The zero-order valence-corrected chi connectivity index (χ0v) is 13.9. The minimum atomic E-state index is -0.208. The quantitative estimate of drug-likeness (QED) is 0.792. The summed E-state index contributed by atoms with van der Waals surface area (Å²) in [7, 11) is 0. The van der Waals surface area contributed by atoms with Gasteiger partial charge in [-0.15, -0.1) is 5.10 Å². The van der Waals surface area contributed by atoms with E-state index >= 15 is 0 Å². The summed E-state index contributed by atoms with van der Waals surface area (Å²) in [4.78, 5) is 26.6. The second-order valence-electron chi connectivity index (χ2n) is 6.05. The van der Waals surface area contributed by atoms with Crippen molar-refractivity contribution in [2.75, 3.05) is 26.3 Å². The smallest absolute Gasteiger partial charge is 0.277 e. The van der Waals surface area contributed by atoms with Crippen LogP contribution < -0.4 is 5.56 Å². The third kappa shape index (κ3) is 3.62. The molecule has 0 saturated carbocycles. The lowest BCUT2D eigenvalue weighted by atomic mass is 10.1. The molecule has 24 heavy (non-hydrogen) atoms. The van der Waals surface area contributed by atoms with Gasteiger partial charge in [0.2, 0.25) is 5.91 Å². The molecule has 3 rings (SSSR count). The van der Waals surface area contributed by atoms with Crippen molar-refractivity contribution in [1.29, 1.82) is 0 Å². The molecule has 1 aromatic carbocycles. The van der Waals surface area contributed by atoms with Gasteiger partial charge < -0.3 is 9.64 Å². The normalized spacial score (nSPS) is 17.3. The second-order valence-corrected chi connectivity index (χ2v) is 6.05. The molecule has 0 bridgehead atoms. The number of rotatable bonds is 6. The number of hydrogen-bond acceptors (Lipinski definition) is 5. The van der Waals surface area contributed by atoms with Crippen LogP contribution >= 0.6 is 0 Å². The number of hydrogen-bond donors (Lipinski definition) is 0. The van der Waals surface area contributed by atoms with Gasteiger partial charge in [0.15, 0.2) is 0 Å². The second kappa shape index (κ2) is 7.53. The van der Waals surface area contributed by atoms with E-state index in [0.29, 0.717) is 29.9 Å². The Bertz CT molecular complexity index is 768. The number of carbonyl (C=O) groups excluding carboxylic acids is 1. The summed E-state index contributed by atoms with van der Waals surface area (Å²) in [5, 5.41) is 8.49. The number of amides is 1. The van der Waals surface area contributed by atoms with Gasteiger partial charge >= 0.3 is 0 Å². The topological polar surface area (TPSA) is 77.3 Å². The Morgan fingerprint density at radius 1 is 1.42 bits per heavy atom. The van der Waals surface area contributed by atoms with Gasteiger partial charge in [0, 0.05) is 32.0 Å². The predicted octanol–water partition coefficient (Wildman–Crippen LogP) is 1.07. The molecule has 2 aromatic rings. The standard InChI is InChI=1S/C17H22N4O3/c1-2-20(11-13-8-10-24-12-13)16(22)7-9-21-17(23)14-5-3-4-6-15(14)18-19-21/h3-6,13H,2,7-12H2,1H3/t13-/m1/s1. The lowest BCUT2D eigenvalue weighted by Crippen LogP contribution is -2.36. The molecule has 0 aliphatic carbocycles. The van der Waals surface area contributed by atoms with Crippen molar-refractivity contribution in [2.24, 2.45) is 5.92 Å². The van der Waals surface area contributed by atoms with E-state index in [4.69, 9.17) is 4.74 Å². The molecule has 7 heteroatoms.